The minimum atomic E-state index is 0.413. The van der Waals surface area contributed by atoms with E-state index in [1.807, 2.05) is 24.3 Å². The summed E-state index contributed by atoms with van der Waals surface area (Å²) in [6.07, 6.45) is 7.16. The molecule has 0 amide bonds. The lowest BCUT2D eigenvalue weighted by Crippen LogP contribution is -1.92. The Balaban J connectivity index is 2.05. The summed E-state index contributed by atoms with van der Waals surface area (Å²) in [4.78, 5) is 0. The molecule has 4 heteroatoms. The van der Waals surface area contributed by atoms with E-state index in [1.165, 1.54) is 25.7 Å². The first-order valence-corrected chi connectivity index (χ1v) is 8.01. The molecule has 0 spiro atoms. The van der Waals surface area contributed by atoms with Gasteiger partial charge in [0.1, 0.15) is 0 Å². The summed E-state index contributed by atoms with van der Waals surface area (Å²) >= 11 is 3.44. The summed E-state index contributed by atoms with van der Waals surface area (Å²) in [5, 5.41) is 4.12. The molecule has 0 aliphatic heterocycles. The quantitative estimate of drug-likeness (QED) is 0.707. The minimum absolute atomic E-state index is 0.413. The fourth-order valence-electron chi connectivity index (χ4n) is 2.33. The second kappa shape index (κ2) is 7.48. The molecule has 0 aliphatic carbocycles. The Morgan fingerprint density at radius 3 is 2.50 bits per heavy atom. The largest absolute Gasteiger partial charge is 0.367 e. The smallest absolute Gasteiger partial charge is 0.230 e. The van der Waals surface area contributed by atoms with E-state index in [0.717, 1.165) is 34.1 Å². The maximum Gasteiger partial charge on any atom is 0.230 e. The predicted molar refractivity (Wildman–Crippen MR) is 86.5 cm³/mol. The Labute approximate surface area is 128 Å². The van der Waals surface area contributed by atoms with Crippen LogP contribution in [0.5, 0.6) is 0 Å². The second-order valence-corrected chi connectivity index (χ2v) is 5.96. The molecule has 0 atom stereocenters. The number of rotatable bonds is 7. The molecule has 0 saturated carbocycles. The van der Waals surface area contributed by atoms with Crippen molar-refractivity contribution in [1.82, 2.24) is 5.16 Å². The lowest BCUT2D eigenvalue weighted by atomic mass is 10.0. The van der Waals surface area contributed by atoms with Crippen molar-refractivity contribution in [2.45, 2.75) is 45.4 Å². The van der Waals surface area contributed by atoms with E-state index in [0.29, 0.717) is 5.88 Å². The van der Waals surface area contributed by atoms with Crippen molar-refractivity contribution < 1.29 is 4.52 Å². The maximum atomic E-state index is 5.92. The lowest BCUT2D eigenvalue weighted by molar-refractivity contribution is 0.426. The monoisotopic (exact) mass is 336 g/mol. The van der Waals surface area contributed by atoms with Crippen LogP contribution in [0, 0.1) is 0 Å². The normalized spacial score (nSPS) is 10.9. The minimum Gasteiger partial charge on any atom is -0.367 e. The Morgan fingerprint density at radius 1 is 1.10 bits per heavy atom. The van der Waals surface area contributed by atoms with Gasteiger partial charge in [-0.15, -0.1) is 0 Å². The van der Waals surface area contributed by atoms with E-state index in [2.05, 4.69) is 28.0 Å². The fourth-order valence-corrected chi connectivity index (χ4v) is 2.59. The summed E-state index contributed by atoms with van der Waals surface area (Å²) in [7, 11) is 0. The number of anilines is 1. The molecule has 3 nitrogen and oxygen atoms in total. The number of nitrogens with zero attached hydrogens (tertiary/aromatic N) is 1. The zero-order chi connectivity index (χ0) is 14.4. The van der Waals surface area contributed by atoms with Gasteiger partial charge >= 0.3 is 0 Å². The Hall–Kier alpha value is -1.29. The molecular formula is C16H21BrN2O. The fraction of sp³-hybridized carbons (Fsp3) is 0.438. The van der Waals surface area contributed by atoms with Gasteiger partial charge in [0.05, 0.1) is 11.3 Å². The number of nitrogen functional groups attached to an aromatic ring is 1. The number of hydrogen-bond acceptors (Lipinski definition) is 3. The number of unbranched alkanes of at least 4 members (excludes halogenated alkanes) is 4. The van der Waals surface area contributed by atoms with Crippen LogP contribution in [0.2, 0.25) is 0 Å². The molecule has 2 N–H and O–H groups in total. The third-order valence-corrected chi connectivity index (χ3v) is 3.97. The van der Waals surface area contributed by atoms with Crippen molar-refractivity contribution in [2.24, 2.45) is 0 Å². The zero-order valence-corrected chi connectivity index (χ0v) is 13.4. The SMILES string of the molecule is CCCCCCCc1noc(N)c1-c1ccc(Br)cc1. The Morgan fingerprint density at radius 2 is 1.80 bits per heavy atom. The molecule has 20 heavy (non-hydrogen) atoms. The first-order valence-electron chi connectivity index (χ1n) is 7.22. The van der Waals surface area contributed by atoms with Gasteiger partial charge in [0, 0.05) is 4.47 Å². The van der Waals surface area contributed by atoms with Crippen LogP contribution in [0.25, 0.3) is 11.1 Å². The van der Waals surface area contributed by atoms with E-state index in [1.54, 1.807) is 0 Å². The number of benzene rings is 1. The molecule has 0 bridgehead atoms. The highest BCUT2D eigenvalue weighted by Crippen LogP contribution is 2.31. The highest BCUT2D eigenvalue weighted by Gasteiger charge is 2.15. The number of hydrogen-bond donors (Lipinski definition) is 1. The van der Waals surface area contributed by atoms with Gasteiger partial charge in [0.15, 0.2) is 0 Å². The summed E-state index contributed by atoms with van der Waals surface area (Å²) in [5.41, 5.74) is 8.91. The molecule has 1 aromatic carbocycles. The molecule has 0 aliphatic rings. The van der Waals surface area contributed by atoms with Crippen LogP contribution in [0.15, 0.2) is 33.3 Å². The molecule has 0 radical (unpaired) electrons. The van der Waals surface area contributed by atoms with Gasteiger partial charge in [0.25, 0.3) is 0 Å². The molecule has 1 heterocycles. The molecular weight excluding hydrogens is 316 g/mol. The Bertz CT molecular complexity index is 534. The topological polar surface area (TPSA) is 52.0 Å². The van der Waals surface area contributed by atoms with Crippen LogP contribution < -0.4 is 5.73 Å². The third-order valence-electron chi connectivity index (χ3n) is 3.44. The zero-order valence-electron chi connectivity index (χ0n) is 11.9. The van der Waals surface area contributed by atoms with Gasteiger partial charge in [-0.1, -0.05) is 65.8 Å². The molecule has 108 valence electrons. The third kappa shape index (κ3) is 3.85. The van der Waals surface area contributed by atoms with Crippen LogP contribution >= 0.6 is 15.9 Å². The predicted octanol–water partition coefficient (Wildman–Crippen LogP) is 5.20. The average Bonchev–Trinajstić information content (AvgIpc) is 2.81. The van der Waals surface area contributed by atoms with Gasteiger partial charge < -0.3 is 10.3 Å². The molecule has 2 rings (SSSR count). The molecule has 0 fully saturated rings. The summed E-state index contributed by atoms with van der Waals surface area (Å²) in [5.74, 6) is 0.413. The first-order chi connectivity index (χ1) is 9.72. The highest BCUT2D eigenvalue weighted by molar-refractivity contribution is 9.10. The van der Waals surface area contributed by atoms with Crippen molar-refractivity contribution in [2.75, 3.05) is 5.73 Å². The summed E-state index contributed by atoms with van der Waals surface area (Å²) < 4.78 is 6.23. The number of halogens is 1. The van der Waals surface area contributed by atoms with Crippen molar-refractivity contribution in [3.8, 4) is 11.1 Å². The van der Waals surface area contributed by atoms with Crippen molar-refractivity contribution in [3.63, 3.8) is 0 Å². The van der Waals surface area contributed by atoms with E-state index in [-0.39, 0.29) is 0 Å². The lowest BCUT2D eigenvalue weighted by Gasteiger charge is -2.03. The van der Waals surface area contributed by atoms with E-state index >= 15 is 0 Å². The van der Waals surface area contributed by atoms with Crippen LogP contribution in [0.4, 0.5) is 5.88 Å². The second-order valence-electron chi connectivity index (χ2n) is 5.04. The van der Waals surface area contributed by atoms with Gasteiger partial charge in [-0.3, -0.25) is 0 Å². The molecule has 0 unspecified atom stereocenters. The van der Waals surface area contributed by atoms with E-state index in [4.69, 9.17) is 10.3 Å². The van der Waals surface area contributed by atoms with Gasteiger partial charge in [-0.25, -0.2) is 0 Å². The van der Waals surface area contributed by atoms with Crippen molar-refractivity contribution >= 4 is 21.8 Å². The standard InChI is InChI=1S/C16H21BrN2O/c1-2-3-4-5-6-7-14-15(16(18)20-19-14)12-8-10-13(17)11-9-12/h8-11H,2-7,18H2,1H3. The highest BCUT2D eigenvalue weighted by atomic mass is 79.9. The molecule has 1 aromatic heterocycles. The van der Waals surface area contributed by atoms with Crippen molar-refractivity contribution in [1.29, 1.82) is 0 Å². The summed E-state index contributed by atoms with van der Waals surface area (Å²) in [6.45, 7) is 2.23. The average molecular weight is 337 g/mol. The van der Waals surface area contributed by atoms with Crippen LogP contribution in [-0.4, -0.2) is 5.16 Å². The number of aryl methyl sites for hydroxylation is 1. The van der Waals surface area contributed by atoms with E-state index in [9.17, 15) is 0 Å². The van der Waals surface area contributed by atoms with Crippen LogP contribution in [-0.2, 0) is 6.42 Å². The van der Waals surface area contributed by atoms with Gasteiger partial charge in [-0.2, -0.15) is 0 Å². The van der Waals surface area contributed by atoms with Gasteiger partial charge in [-0.05, 0) is 30.5 Å². The maximum absolute atomic E-state index is 5.92. The number of aromatic nitrogens is 1. The molecule has 0 saturated heterocycles. The van der Waals surface area contributed by atoms with Gasteiger partial charge in [0.2, 0.25) is 5.88 Å². The Kier molecular flexibility index (Phi) is 5.65. The number of nitrogens with two attached hydrogens (primary N) is 1. The first kappa shape index (κ1) is 15.1. The van der Waals surface area contributed by atoms with E-state index < -0.39 is 0 Å². The van der Waals surface area contributed by atoms with Crippen LogP contribution in [0.1, 0.15) is 44.7 Å². The summed E-state index contributed by atoms with van der Waals surface area (Å²) in [6, 6.07) is 8.08. The van der Waals surface area contributed by atoms with Crippen molar-refractivity contribution in [3.05, 3.63) is 34.4 Å². The molecule has 2 aromatic rings. The van der Waals surface area contributed by atoms with Crippen LogP contribution in [0.3, 0.4) is 0 Å².